The third-order valence-corrected chi connectivity index (χ3v) is 5.48. The van der Waals surface area contributed by atoms with E-state index in [2.05, 4.69) is 10.2 Å². The van der Waals surface area contributed by atoms with Gasteiger partial charge in [-0.15, -0.1) is 0 Å². The van der Waals surface area contributed by atoms with Crippen LogP contribution in [0.15, 0.2) is 42.5 Å². The zero-order valence-corrected chi connectivity index (χ0v) is 17.0. The van der Waals surface area contributed by atoms with Gasteiger partial charge in [-0.3, -0.25) is 9.69 Å². The number of piperidine rings is 1. The van der Waals surface area contributed by atoms with Gasteiger partial charge >= 0.3 is 0 Å². The van der Waals surface area contributed by atoms with Gasteiger partial charge in [-0.05, 0) is 54.2 Å². The Bertz CT molecular complexity index is 826. The molecule has 2 aromatic carbocycles. The van der Waals surface area contributed by atoms with Crippen molar-refractivity contribution in [2.24, 2.45) is 5.92 Å². The zero-order chi connectivity index (χ0) is 20.8. The number of aryl methyl sites for hydroxylation is 1. The van der Waals surface area contributed by atoms with E-state index in [1.807, 2.05) is 12.1 Å². The molecule has 2 atom stereocenters. The Hall–Kier alpha value is -2.31. The molecule has 0 radical (unpaired) electrons. The molecular formula is C23H28F2N2O2. The van der Waals surface area contributed by atoms with E-state index in [9.17, 15) is 13.6 Å². The molecule has 1 amide bonds. The molecule has 3 rings (SSSR count). The van der Waals surface area contributed by atoms with Crippen molar-refractivity contribution in [3.8, 4) is 0 Å². The number of benzene rings is 2. The van der Waals surface area contributed by atoms with Crippen molar-refractivity contribution < 1.29 is 18.3 Å². The summed E-state index contributed by atoms with van der Waals surface area (Å²) in [5.41, 5.74) is 2.66. The van der Waals surface area contributed by atoms with Crippen molar-refractivity contribution in [3.05, 3.63) is 70.8 Å². The summed E-state index contributed by atoms with van der Waals surface area (Å²) in [6.45, 7) is 4.74. The first-order valence-corrected chi connectivity index (χ1v) is 9.95. The SMILES string of the molecule is COCCNC(=O)[C@H]1C[C@H](c2ccc(F)c(C)c2)CN(Cc2ccc(F)cc2)C1. The average molecular weight is 402 g/mol. The molecule has 2 aromatic rings. The van der Waals surface area contributed by atoms with Gasteiger partial charge in [0.2, 0.25) is 5.91 Å². The van der Waals surface area contributed by atoms with E-state index in [1.54, 1.807) is 26.2 Å². The summed E-state index contributed by atoms with van der Waals surface area (Å²) < 4.78 is 32.0. The van der Waals surface area contributed by atoms with Crippen LogP contribution in [0, 0.1) is 24.5 Å². The first-order valence-electron chi connectivity index (χ1n) is 9.95. The second kappa shape index (κ2) is 9.94. The number of hydrogen-bond donors (Lipinski definition) is 1. The molecule has 1 aliphatic rings. The molecule has 156 valence electrons. The van der Waals surface area contributed by atoms with Crippen molar-refractivity contribution in [1.82, 2.24) is 10.2 Å². The smallest absolute Gasteiger partial charge is 0.224 e. The van der Waals surface area contributed by atoms with Crippen molar-refractivity contribution in [2.75, 3.05) is 33.4 Å². The summed E-state index contributed by atoms with van der Waals surface area (Å²) in [6.07, 6.45) is 0.712. The van der Waals surface area contributed by atoms with E-state index in [0.717, 1.165) is 17.7 Å². The molecule has 29 heavy (non-hydrogen) atoms. The molecular weight excluding hydrogens is 374 g/mol. The summed E-state index contributed by atoms with van der Waals surface area (Å²) in [5, 5.41) is 2.94. The first kappa shape index (κ1) is 21.4. The van der Waals surface area contributed by atoms with Crippen molar-refractivity contribution in [2.45, 2.75) is 25.8 Å². The number of amides is 1. The van der Waals surface area contributed by atoms with Gasteiger partial charge in [-0.2, -0.15) is 0 Å². The molecule has 0 bridgehead atoms. The Morgan fingerprint density at radius 3 is 2.62 bits per heavy atom. The maximum atomic E-state index is 13.7. The number of nitrogens with zero attached hydrogens (tertiary/aromatic N) is 1. The van der Waals surface area contributed by atoms with E-state index >= 15 is 0 Å². The predicted molar refractivity (Wildman–Crippen MR) is 109 cm³/mol. The molecule has 1 N–H and O–H groups in total. The highest BCUT2D eigenvalue weighted by atomic mass is 19.1. The van der Waals surface area contributed by atoms with Crippen molar-refractivity contribution in [3.63, 3.8) is 0 Å². The van der Waals surface area contributed by atoms with Crippen LogP contribution >= 0.6 is 0 Å². The molecule has 1 fully saturated rings. The summed E-state index contributed by atoms with van der Waals surface area (Å²) in [7, 11) is 1.60. The minimum atomic E-state index is -0.262. The lowest BCUT2D eigenvalue weighted by Gasteiger charge is -2.37. The standard InChI is InChI=1S/C23H28F2N2O2/c1-16-11-18(5-8-22(16)25)19-12-20(23(28)26-9-10-29-2)15-27(14-19)13-17-3-6-21(24)7-4-17/h3-8,11,19-20H,9-10,12-15H2,1-2H3,(H,26,28)/t19-,20-/m0/s1. The van der Waals surface area contributed by atoms with Crippen LogP contribution < -0.4 is 5.32 Å². The van der Waals surface area contributed by atoms with E-state index in [4.69, 9.17) is 4.74 Å². The molecule has 0 spiro atoms. The number of carbonyl (C=O) groups is 1. The number of methoxy groups -OCH3 is 1. The van der Waals surface area contributed by atoms with Gasteiger partial charge in [-0.25, -0.2) is 8.78 Å². The summed E-state index contributed by atoms with van der Waals surface area (Å²) in [4.78, 5) is 14.9. The van der Waals surface area contributed by atoms with Crippen LogP contribution in [0.1, 0.15) is 29.0 Å². The maximum absolute atomic E-state index is 13.7. The normalized spacial score (nSPS) is 19.9. The molecule has 1 saturated heterocycles. The van der Waals surface area contributed by atoms with Crippen LogP contribution in [0.4, 0.5) is 8.78 Å². The number of halogens is 2. The van der Waals surface area contributed by atoms with Crippen LogP contribution in [0.3, 0.4) is 0 Å². The Kier molecular flexibility index (Phi) is 7.34. The number of ether oxygens (including phenoxy) is 1. The van der Waals surface area contributed by atoms with Crippen molar-refractivity contribution in [1.29, 1.82) is 0 Å². The second-order valence-corrected chi connectivity index (χ2v) is 7.74. The van der Waals surface area contributed by atoms with E-state index < -0.39 is 0 Å². The van der Waals surface area contributed by atoms with Gasteiger partial charge in [0.15, 0.2) is 0 Å². The average Bonchev–Trinajstić information content (AvgIpc) is 2.71. The highest BCUT2D eigenvalue weighted by molar-refractivity contribution is 5.79. The lowest BCUT2D eigenvalue weighted by molar-refractivity contribution is -0.127. The fourth-order valence-electron chi connectivity index (χ4n) is 3.94. The van der Waals surface area contributed by atoms with Gasteiger partial charge in [0.25, 0.3) is 0 Å². The lowest BCUT2D eigenvalue weighted by atomic mass is 9.83. The number of likely N-dealkylation sites (tertiary alicyclic amines) is 1. The fourth-order valence-corrected chi connectivity index (χ4v) is 3.94. The minimum absolute atomic E-state index is 0.00897. The third kappa shape index (κ3) is 5.84. The van der Waals surface area contributed by atoms with Gasteiger partial charge in [0, 0.05) is 33.3 Å². The highest BCUT2D eigenvalue weighted by Crippen LogP contribution is 2.32. The quantitative estimate of drug-likeness (QED) is 0.719. The zero-order valence-electron chi connectivity index (χ0n) is 17.0. The maximum Gasteiger partial charge on any atom is 0.224 e. The Morgan fingerprint density at radius 2 is 1.93 bits per heavy atom. The molecule has 0 aliphatic carbocycles. The number of hydrogen-bond acceptors (Lipinski definition) is 3. The number of carbonyl (C=O) groups excluding carboxylic acids is 1. The molecule has 4 nitrogen and oxygen atoms in total. The first-order chi connectivity index (χ1) is 14.0. The molecule has 1 aliphatic heterocycles. The van der Waals surface area contributed by atoms with Crippen LogP contribution in [0.2, 0.25) is 0 Å². The van der Waals surface area contributed by atoms with Gasteiger partial charge < -0.3 is 10.1 Å². The van der Waals surface area contributed by atoms with Gasteiger partial charge in [-0.1, -0.05) is 24.3 Å². The monoisotopic (exact) mass is 402 g/mol. The van der Waals surface area contributed by atoms with E-state index in [-0.39, 0.29) is 29.4 Å². The van der Waals surface area contributed by atoms with Gasteiger partial charge in [0.05, 0.1) is 12.5 Å². The minimum Gasteiger partial charge on any atom is -0.383 e. The third-order valence-electron chi connectivity index (χ3n) is 5.48. The molecule has 0 saturated carbocycles. The van der Waals surface area contributed by atoms with Crippen LogP contribution in [-0.2, 0) is 16.1 Å². The summed E-state index contributed by atoms with van der Waals surface area (Å²) >= 11 is 0. The molecule has 0 aromatic heterocycles. The Labute approximate surface area is 170 Å². The van der Waals surface area contributed by atoms with E-state index in [1.165, 1.54) is 18.2 Å². The number of rotatable bonds is 7. The Balaban J connectivity index is 1.77. The topological polar surface area (TPSA) is 41.6 Å². The van der Waals surface area contributed by atoms with Crippen LogP contribution in [0.25, 0.3) is 0 Å². The lowest BCUT2D eigenvalue weighted by Crippen LogP contribution is -2.46. The Morgan fingerprint density at radius 1 is 1.17 bits per heavy atom. The number of nitrogens with one attached hydrogen (secondary N) is 1. The fraction of sp³-hybridized carbons (Fsp3) is 0.435. The highest BCUT2D eigenvalue weighted by Gasteiger charge is 2.32. The summed E-state index contributed by atoms with van der Waals surface area (Å²) in [5.74, 6) is -0.517. The summed E-state index contributed by atoms with van der Waals surface area (Å²) in [6, 6.07) is 11.6. The van der Waals surface area contributed by atoms with Crippen LogP contribution in [-0.4, -0.2) is 44.2 Å². The van der Waals surface area contributed by atoms with Gasteiger partial charge in [0.1, 0.15) is 11.6 Å². The molecule has 0 unspecified atom stereocenters. The molecule has 1 heterocycles. The molecule has 6 heteroatoms. The van der Waals surface area contributed by atoms with Crippen LogP contribution in [0.5, 0.6) is 0 Å². The predicted octanol–water partition coefficient (Wildman–Crippen LogP) is 3.64. The largest absolute Gasteiger partial charge is 0.383 e. The van der Waals surface area contributed by atoms with E-state index in [0.29, 0.717) is 38.2 Å². The van der Waals surface area contributed by atoms with Crippen molar-refractivity contribution >= 4 is 5.91 Å². The second-order valence-electron chi connectivity index (χ2n) is 7.74.